The topological polar surface area (TPSA) is 78.2 Å². The normalized spacial score (nSPS) is 18.2. The van der Waals surface area contributed by atoms with Crippen molar-refractivity contribution in [2.24, 2.45) is 0 Å². The highest BCUT2D eigenvalue weighted by molar-refractivity contribution is 7.98. The van der Waals surface area contributed by atoms with Crippen molar-refractivity contribution in [1.82, 2.24) is 15.2 Å². The molecule has 1 aliphatic heterocycles. The van der Waals surface area contributed by atoms with E-state index in [-0.39, 0.29) is 11.9 Å². The van der Waals surface area contributed by atoms with E-state index < -0.39 is 0 Å². The quantitative estimate of drug-likeness (QED) is 0.681. The highest BCUT2D eigenvalue weighted by Crippen LogP contribution is 2.40. The fraction of sp³-hybridized carbons (Fsp3) is 0.476. The maximum atomic E-state index is 13.1. The van der Waals surface area contributed by atoms with Crippen molar-refractivity contribution in [2.75, 3.05) is 39.1 Å². The lowest BCUT2D eigenvalue weighted by atomic mass is 10.1. The second kappa shape index (κ2) is 9.26. The van der Waals surface area contributed by atoms with Crippen LogP contribution in [0.1, 0.15) is 51.3 Å². The zero-order chi connectivity index (χ0) is 20.2. The highest BCUT2D eigenvalue weighted by atomic mass is 32.2. The minimum atomic E-state index is -0.198. The van der Waals surface area contributed by atoms with Crippen LogP contribution in [0.5, 0.6) is 0 Å². The molecule has 1 amide bonds. The molecule has 2 fully saturated rings. The lowest BCUT2D eigenvalue weighted by Crippen LogP contribution is -2.43. The van der Waals surface area contributed by atoms with Gasteiger partial charge in [0.15, 0.2) is 0 Å². The molecule has 0 bridgehead atoms. The monoisotopic (exact) mass is 428 g/mol. The highest BCUT2D eigenvalue weighted by Gasteiger charge is 2.29. The third-order valence-corrected chi connectivity index (χ3v) is 7.02. The molecule has 0 spiro atoms. The van der Waals surface area contributed by atoms with Crippen molar-refractivity contribution in [3.05, 3.63) is 45.3 Å². The molecule has 1 atom stereocenters. The van der Waals surface area contributed by atoms with Gasteiger partial charge in [-0.1, -0.05) is 6.07 Å². The fourth-order valence-corrected chi connectivity index (χ4v) is 5.05. The van der Waals surface area contributed by atoms with Gasteiger partial charge in [-0.15, -0.1) is 23.1 Å². The number of nitriles is 1. The molecule has 0 unspecified atom stereocenters. The number of thioether (sulfide) groups is 1. The number of hydrogen-bond donors (Lipinski definition) is 1. The van der Waals surface area contributed by atoms with E-state index in [0.717, 1.165) is 31.6 Å². The minimum Gasteiger partial charge on any atom is -0.379 e. The van der Waals surface area contributed by atoms with E-state index in [1.165, 1.54) is 16.6 Å². The van der Waals surface area contributed by atoms with Crippen LogP contribution in [0.4, 0.5) is 0 Å². The average molecular weight is 429 g/mol. The molecule has 1 aliphatic carbocycles. The Morgan fingerprint density at radius 1 is 1.48 bits per heavy atom. The van der Waals surface area contributed by atoms with Crippen molar-refractivity contribution < 1.29 is 9.53 Å². The molecule has 1 N–H and O–H groups in total. The largest absolute Gasteiger partial charge is 0.379 e. The predicted molar refractivity (Wildman–Crippen MR) is 114 cm³/mol. The van der Waals surface area contributed by atoms with Gasteiger partial charge < -0.3 is 10.1 Å². The zero-order valence-corrected chi connectivity index (χ0v) is 18.0. The van der Waals surface area contributed by atoms with Crippen LogP contribution >= 0.6 is 23.1 Å². The zero-order valence-electron chi connectivity index (χ0n) is 16.4. The molecular formula is C21H24N4O2S2. The molecule has 0 radical (unpaired) electrons. The van der Waals surface area contributed by atoms with Gasteiger partial charge in [-0.2, -0.15) is 5.26 Å². The Bertz CT molecular complexity index is 900. The van der Waals surface area contributed by atoms with Gasteiger partial charge in [0.05, 0.1) is 30.4 Å². The van der Waals surface area contributed by atoms with Gasteiger partial charge >= 0.3 is 0 Å². The second-order valence-corrected chi connectivity index (χ2v) is 9.03. The second-order valence-electron chi connectivity index (χ2n) is 7.25. The summed E-state index contributed by atoms with van der Waals surface area (Å²) in [7, 11) is 0. The van der Waals surface area contributed by atoms with E-state index in [9.17, 15) is 10.1 Å². The number of thiophene rings is 1. The van der Waals surface area contributed by atoms with E-state index in [0.29, 0.717) is 41.8 Å². The van der Waals surface area contributed by atoms with Gasteiger partial charge in [0, 0.05) is 36.1 Å². The number of pyridine rings is 1. The summed E-state index contributed by atoms with van der Waals surface area (Å²) in [5, 5.41) is 15.5. The summed E-state index contributed by atoms with van der Waals surface area (Å²) in [6, 6.07) is 8.27. The van der Waals surface area contributed by atoms with Crippen LogP contribution in [0.25, 0.3) is 0 Å². The Morgan fingerprint density at radius 3 is 2.90 bits per heavy atom. The first-order valence-electron chi connectivity index (χ1n) is 9.83. The molecule has 1 saturated heterocycles. The van der Waals surface area contributed by atoms with Gasteiger partial charge in [-0.25, -0.2) is 4.98 Å². The summed E-state index contributed by atoms with van der Waals surface area (Å²) in [5.74, 6) is 0.225. The summed E-state index contributed by atoms with van der Waals surface area (Å²) < 4.78 is 5.49. The van der Waals surface area contributed by atoms with Gasteiger partial charge in [-0.05, 0) is 36.6 Å². The summed E-state index contributed by atoms with van der Waals surface area (Å²) in [4.78, 5) is 21.3. The Labute approximate surface area is 179 Å². The molecule has 6 nitrogen and oxygen atoms in total. The molecule has 29 heavy (non-hydrogen) atoms. The van der Waals surface area contributed by atoms with Crippen molar-refractivity contribution >= 4 is 29.0 Å². The maximum Gasteiger partial charge on any atom is 0.252 e. The van der Waals surface area contributed by atoms with Crippen LogP contribution in [-0.2, 0) is 4.74 Å². The standard InChI is InChI=1S/C21H24N4O2S2/c1-28-21-16(12-22)15(11-17(24-21)14-4-5-14)20(26)23-13-18(19-3-2-10-29-19)25-6-8-27-9-7-25/h2-3,10-11,14,18H,4-9,13H2,1H3,(H,23,26)/t18-/m0/s1. The van der Waals surface area contributed by atoms with Crippen LogP contribution in [0.3, 0.4) is 0 Å². The van der Waals surface area contributed by atoms with E-state index >= 15 is 0 Å². The van der Waals surface area contributed by atoms with Crippen LogP contribution in [0, 0.1) is 11.3 Å². The number of ether oxygens (including phenoxy) is 1. The number of carbonyl (C=O) groups is 1. The van der Waals surface area contributed by atoms with Crippen molar-refractivity contribution in [1.29, 1.82) is 5.26 Å². The molecule has 3 heterocycles. The molecule has 152 valence electrons. The lowest BCUT2D eigenvalue weighted by Gasteiger charge is -2.34. The first-order valence-corrected chi connectivity index (χ1v) is 11.9. The molecule has 2 aromatic rings. The third-order valence-electron chi connectivity index (χ3n) is 5.37. The van der Waals surface area contributed by atoms with Crippen molar-refractivity contribution in [3.63, 3.8) is 0 Å². The van der Waals surface area contributed by atoms with E-state index in [1.807, 2.05) is 18.4 Å². The minimum absolute atomic E-state index is 0.109. The first-order chi connectivity index (χ1) is 14.2. The molecular weight excluding hydrogens is 404 g/mol. The van der Waals surface area contributed by atoms with Crippen LogP contribution in [0.2, 0.25) is 0 Å². The number of aromatic nitrogens is 1. The number of nitrogens with zero attached hydrogens (tertiary/aromatic N) is 3. The van der Waals surface area contributed by atoms with Crippen molar-refractivity contribution in [3.8, 4) is 6.07 Å². The van der Waals surface area contributed by atoms with Crippen molar-refractivity contribution in [2.45, 2.75) is 29.8 Å². The molecule has 1 saturated carbocycles. The Morgan fingerprint density at radius 2 is 2.28 bits per heavy atom. The third kappa shape index (κ3) is 4.64. The van der Waals surface area contributed by atoms with Gasteiger partial charge in [0.1, 0.15) is 11.1 Å². The average Bonchev–Trinajstić information content (AvgIpc) is 3.48. The van der Waals surface area contributed by atoms with Crippen LogP contribution in [0.15, 0.2) is 28.6 Å². The molecule has 0 aromatic carbocycles. The van der Waals surface area contributed by atoms with Crippen LogP contribution in [-0.4, -0.2) is 54.9 Å². The first kappa shape index (κ1) is 20.4. The summed E-state index contributed by atoms with van der Waals surface area (Å²) in [6.45, 7) is 3.61. The Hall–Kier alpha value is -1.92. The smallest absolute Gasteiger partial charge is 0.252 e. The lowest BCUT2D eigenvalue weighted by molar-refractivity contribution is 0.0169. The molecule has 4 rings (SSSR count). The summed E-state index contributed by atoms with van der Waals surface area (Å²) in [6.07, 6.45) is 4.10. The van der Waals surface area contributed by atoms with Gasteiger partial charge in [0.25, 0.3) is 5.91 Å². The van der Waals surface area contributed by atoms with E-state index in [4.69, 9.17) is 4.74 Å². The number of carbonyl (C=O) groups excluding carboxylic acids is 1. The van der Waals surface area contributed by atoms with Gasteiger partial charge in [-0.3, -0.25) is 9.69 Å². The Kier molecular flexibility index (Phi) is 6.50. The summed E-state index contributed by atoms with van der Waals surface area (Å²) >= 11 is 3.12. The molecule has 2 aliphatic rings. The molecule has 8 heteroatoms. The van der Waals surface area contributed by atoms with E-state index in [2.05, 4.69) is 32.7 Å². The van der Waals surface area contributed by atoms with Crippen LogP contribution < -0.4 is 5.32 Å². The SMILES string of the molecule is CSc1nc(C2CC2)cc(C(=O)NC[C@@H](c2cccs2)N2CCOCC2)c1C#N. The van der Waals surface area contributed by atoms with Gasteiger partial charge in [0.2, 0.25) is 0 Å². The number of rotatable bonds is 7. The fourth-order valence-electron chi connectivity index (χ4n) is 3.63. The summed E-state index contributed by atoms with van der Waals surface area (Å²) in [5.41, 5.74) is 1.75. The number of amides is 1. The number of morpholine rings is 1. The number of hydrogen-bond acceptors (Lipinski definition) is 7. The maximum absolute atomic E-state index is 13.1. The number of nitrogens with one attached hydrogen (secondary N) is 1. The Balaban J connectivity index is 1.55. The van der Waals surface area contributed by atoms with E-state index in [1.54, 1.807) is 11.3 Å². The molecule has 2 aromatic heterocycles. The predicted octanol–water partition coefficient (Wildman–Crippen LogP) is 3.42.